The van der Waals surface area contributed by atoms with Crippen molar-refractivity contribution in [2.45, 2.75) is 19.3 Å². The fraction of sp³-hybridized carbons (Fsp3) is 0.136. The molecule has 2 aromatic carbocycles. The number of carboxylic acids is 1. The summed E-state index contributed by atoms with van der Waals surface area (Å²) in [6.45, 7) is 3.21. The summed E-state index contributed by atoms with van der Waals surface area (Å²) in [6, 6.07) is 16.9. The lowest BCUT2D eigenvalue weighted by Crippen LogP contribution is -2.28. The molecule has 0 unspecified atom stereocenters. The highest BCUT2D eigenvalue weighted by Gasteiger charge is 2.29. The average Bonchev–Trinajstić information content (AvgIpc) is 3.23. The summed E-state index contributed by atoms with van der Waals surface area (Å²) in [7, 11) is 0. The normalized spacial score (nSPS) is 11.0. The second-order valence-corrected chi connectivity index (χ2v) is 7.93. The number of amides is 2. The van der Waals surface area contributed by atoms with Crippen molar-refractivity contribution in [2.75, 3.05) is 10.6 Å². The molecule has 0 saturated heterocycles. The first-order valence-corrected chi connectivity index (χ1v) is 9.75. The third kappa shape index (κ3) is 4.70. The lowest BCUT2D eigenvalue weighted by Gasteiger charge is -2.20. The second-order valence-electron chi connectivity index (χ2n) is 6.98. The van der Waals surface area contributed by atoms with E-state index in [0.717, 1.165) is 0 Å². The van der Waals surface area contributed by atoms with Crippen LogP contribution in [0, 0.1) is 0 Å². The van der Waals surface area contributed by atoms with Gasteiger partial charge in [-0.05, 0) is 61.2 Å². The number of aliphatic carboxylic acids is 1. The van der Waals surface area contributed by atoms with Gasteiger partial charge in [0.1, 0.15) is 0 Å². The van der Waals surface area contributed by atoms with Crippen molar-refractivity contribution in [3.63, 3.8) is 0 Å². The SMILES string of the molecule is CC(C)(C(=O)O)c1cccc(NC(=O)c2cccc(NC(=O)c3cccs3)c2)c1. The van der Waals surface area contributed by atoms with Gasteiger partial charge in [0.2, 0.25) is 0 Å². The molecule has 148 valence electrons. The summed E-state index contributed by atoms with van der Waals surface area (Å²) in [6.07, 6.45) is 0. The van der Waals surface area contributed by atoms with Gasteiger partial charge in [0, 0.05) is 16.9 Å². The molecular weight excluding hydrogens is 388 g/mol. The molecule has 0 aliphatic carbocycles. The van der Waals surface area contributed by atoms with Gasteiger partial charge in [0.25, 0.3) is 11.8 Å². The summed E-state index contributed by atoms with van der Waals surface area (Å²) >= 11 is 1.33. The van der Waals surface area contributed by atoms with Gasteiger partial charge in [0.15, 0.2) is 0 Å². The standard InChI is InChI=1S/C22H20N2O4S/c1-22(2,21(27)28)15-7-4-9-17(13-15)23-19(25)14-6-3-8-16(12-14)24-20(26)18-10-5-11-29-18/h3-13H,1-2H3,(H,23,25)(H,24,26)(H,27,28). The minimum absolute atomic E-state index is 0.235. The van der Waals surface area contributed by atoms with Crippen LogP contribution >= 0.6 is 11.3 Å². The van der Waals surface area contributed by atoms with Crippen LogP contribution in [-0.2, 0) is 10.2 Å². The number of nitrogens with one attached hydrogen (secondary N) is 2. The summed E-state index contributed by atoms with van der Waals surface area (Å²) in [4.78, 5) is 36.9. The molecule has 6 nitrogen and oxygen atoms in total. The number of carbonyl (C=O) groups excluding carboxylic acids is 2. The summed E-state index contributed by atoms with van der Waals surface area (Å²) in [5.41, 5.74) is 0.885. The molecule has 0 atom stereocenters. The Hall–Kier alpha value is -3.45. The topological polar surface area (TPSA) is 95.5 Å². The van der Waals surface area contributed by atoms with E-state index in [0.29, 0.717) is 27.4 Å². The van der Waals surface area contributed by atoms with Gasteiger partial charge in [-0.1, -0.05) is 24.3 Å². The van der Waals surface area contributed by atoms with Crippen molar-refractivity contribution in [3.8, 4) is 0 Å². The van der Waals surface area contributed by atoms with Crippen LogP contribution in [0.3, 0.4) is 0 Å². The largest absolute Gasteiger partial charge is 0.481 e. The van der Waals surface area contributed by atoms with Crippen LogP contribution in [-0.4, -0.2) is 22.9 Å². The minimum atomic E-state index is -1.08. The summed E-state index contributed by atoms with van der Waals surface area (Å²) < 4.78 is 0. The highest BCUT2D eigenvalue weighted by molar-refractivity contribution is 7.12. The van der Waals surface area contributed by atoms with Crippen molar-refractivity contribution in [3.05, 3.63) is 82.0 Å². The Morgan fingerprint density at radius 2 is 1.52 bits per heavy atom. The number of rotatable bonds is 6. The molecule has 3 aromatic rings. The molecule has 1 aromatic heterocycles. The van der Waals surface area contributed by atoms with Gasteiger partial charge in [0.05, 0.1) is 10.3 Å². The Morgan fingerprint density at radius 3 is 2.17 bits per heavy atom. The lowest BCUT2D eigenvalue weighted by atomic mass is 9.84. The van der Waals surface area contributed by atoms with Crippen LogP contribution in [0.25, 0.3) is 0 Å². The molecule has 29 heavy (non-hydrogen) atoms. The number of benzene rings is 2. The highest BCUT2D eigenvalue weighted by Crippen LogP contribution is 2.26. The predicted octanol–water partition coefficient (Wildman–Crippen LogP) is 4.61. The third-order valence-electron chi connectivity index (χ3n) is 4.50. The molecule has 0 aliphatic heterocycles. The molecular formula is C22H20N2O4S. The van der Waals surface area contributed by atoms with Gasteiger partial charge in [-0.25, -0.2) is 0 Å². The molecule has 3 rings (SSSR count). The van der Waals surface area contributed by atoms with Crippen LogP contribution in [0.15, 0.2) is 66.0 Å². The van der Waals surface area contributed by atoms with Crippen molar-refractivity contribution >= 4 is 40.5 Å². The molecule has 2 amide bonds. The quantitative estimate of drug-likeness (QED) is 0.555. The zero-order valence-corrected chi connectivity index (χ0v) is 16.7. The molecule has 0 spiro atoms. The van der Waals surface area contributed by atoms with Crippen molar-refractivity contribution in [1.29, 1.82) is 0 Å². The van der Waals surface area contributed by atoms with E-state index in [1.165, 1.54) is 11.3 Å². The fourth-order valence-electron chi connectivity index (χ4n) is 2.65. The first-order chi connectivity index (χ1) is 13.8. The number of carboxylic acid groups (broad SMARTS) is 1. The molecule has 0 radical (unpaired) electrons. The van der Waals surface area contributed by atoms with Gasteiger partial charge >= 0.3 is 5.97 Å². The third-order valence-corrected chi connectivity index (χ3v) is 5.37. The van der Waals surface area contributed by atoms with Gasteiger partial charge in [-0.15, -0.1) is 11.3 Å². The number of carbonyl (C=O) groups is 3. The van der Waals surface area contributed by atoms with Crippen molar-refractivity contribution in [1.82, 2.24) is 0 Å². The van der Waals surface area contributed by atoms with Crippen LogP contribution in [0.5, 0.6) is 0 Å². The van der Waals surface area contributed by atoms with E-state index in [9.17, 15) is 19.5 Å². The molecule has 0 fully saturated rings. The Kier molecular flexibility index (Phi) is 5.79. The first kappa shape index (κ1) is 20.3. The number of thiophene rings is 1. The maximum absolute atomic E-state index is 12.6. The van der Waals surface area contributed by atoms with Crippen LogP contribution in [0.4, 0.5) is 11.4 Å². The van der Waals surface area contributed by atoms with E-state index < -0.39 is 11.4 Å². The average molecular weight is 408 g/mol. The van der Waals surface area contributed by atoms with E-state index in [2.05, 4.69) is 10.6 Å². The molecule has 7 heteroatoms. The van der Waals surface area contributed by atoms with E-state index >= 15 is 0 Å². The summed E-state index contributed by atoms with van der Waals surface area (Å²) in [5.74, 6) is -1.54. The fourth-order valence-corrected chi connectivity index (χ4v) is 3.27. The second kappa shape index (κ2) is 8.28. The van der Waals surface area contributed by atoms with E-state index in [1.807, 2.05) is 5.38 Å². The molecule has 1 heterocycles. The monoisotopic (exact) mass is 408 g/mol. The molecule has 0 aliphatic rings. The maximum atomic E-state index is 12.6. The number of hydrogen-bond donors (Lipinski definition) is 3. The van der Waals surface area contributed by atoms with E-state index in [-0.39, 0.29) is 11.8 Å². The first-order valence-electron chi connectivity index (χ1n) is 8.87. The minimum Gasteiger partial charge on any atom is -0.481 e. The van der Waals surface area contributed by atoms with Crippen LogP contribution in [0.2, 0.25) is 0 Å². The number of anilines is 2. The van der Waals surface area contributed by atoms with Crippen molar-refractivity contribution < 1.29 is 19.5 Å². The Balaban J connectivity index is 1.75. The summed E-state index contributed by atoms with van der Waals surface area (Å²) in [5, 5.41) is 16.8. The van der Waals surface area contributed by atoms with Crippen molar-refractivity contribution in [2.24, 2.45) is 0 Å². The van der Waals surface area contributed by atoms with Gasteiger partial charge < -0.3 is 15.7 Å². The number of hydrogen-bond acceptors (Lipinski definition) is 4. The highest BCUT2D eigenvalue weighted by atomic mass is 32.1. The van der Waals surface area contributed by atoms with E-state index in [1.54, 1.807) is 74.5 Å². The molecule has 0 saturated carbocycles. The van der Waals surface area contributed by atoms with E-state index in [4.69, 9.17) is 0 Å². The molecule has 3 N–H and O–H groups in total. The smallest absolute Gasteiger partial charge is 0.313 e. The zero-order chi connectivity index (χ0) is 21.0. The maximum Gasteiger partial charge on any atom is 0.313 e. The Morgan fingerprint density at radius 1 is 0.862 bits per heavy atom. The molecule has 0 bridgehead atoms. The Labute approximate surface area is 172 Å². The van der Waals surface area contributed by atoms with Gasteiger partial charge in [-0.3, -0.25) is 14.4 Å². The van der Waals surface area contributed by atoms with Crippen LogP contribution < -0.4 is 10.6 Å². The lowest BCUT2D eigenvalue weighted by molar-refractivity contribution is -0.142. The Bertz CT molecular complexity index is 1060. The van der Waals surface area contributed by atoms with Gasteiger partial charge in [-0.2, -0.15) is 0 Å². The van der Waals surface area contributed by atoms with Crippen LogP contribution in [0.1, 0.15) is 39.4 Å². The zero-order valence-electron chi connectivity index (χ0n) is 15.9. The predicted molar refractivity (Wildman–Crippen MR) is 114 cm³/mol.